The predicted molar refractivity (Wildman–Crippen MR) is 129 cm³/mol. The Balaban J connectivity index is 1.63. The highest BCUT2D eigenvalue weighted by Gasteiger charge is 2.51. The van der Waals surface area contributed by atoms with Crippen molar-refractivity contribution in [3.63, 3.8) is 0 Å². The minimum atomic E-state index is -4.32. The van der Waals surface area contributed by atoms with Crippen molar-refractivity contribution in [2.45, 2.75) is 43.7 Å². The van der Waals surface area contributed by atoms with E-state index in [1.54, 1.807) is 19.1 Å². The van der Waals surface area contributed by atoms with Gasteiger partial charge in [-0.2, -0.15) is 13.9 Å². The zero-order valence-corrected chi connectivity index (χ0v) is 21.3. The zero-order chi connectivity index (χ0) is 27.7. The first-order chi connectivity index (χ1) is 17.9. The molecule has 1 unspecified atom stereocenters. The fourth-order valence-electron chi connectivity index (χ4n) is 4.25. The van der Waals surface area contributed by atoms with Crippen LogP contribution < -0.4 is 4.74 Å². The van der Waals surface area contributed by atoms with Gasteiger partial charge < -0.3 is 19.5 Å². The van der Waals surface area contributed by atoms with Crippen molar-refractivity contribution in [3.05, 3.63) is 76.3 Å². The molecule has 2 aromatic carbocycles. The molecule has 2 heterocycles. The molecule has 14 heteroatoms. The number of hydrogen-bond acceptors (Lipinski definition) is 6. The lowest BCUT2D eigenvalue weighted by atomic mass is 9.83. The van der Waals surface area contributed by atoms with Crippen molar-refractivity contribution >= 4 is 29.1 Å². The summed E-state index contributed by atoms with van der Waals surface area (Å²) in [7, 11) is 0. The minimum Gasteiger partial charge on any atom is -0.487 e. The summed E-state index contributed by atoms with van der Waals surface area (Å²) in [4.78, 5) is 18.9. The molecule has 0 aliphatic carbocycles. The van der Waals surface area contributed by atoms with Gasteiger partial charge in [-0.25, -0.2) is 18.4 Å². The molecule has 1 aromatic heterocycles. The highest BCUT2D eigenvalue weighted by atomic mass is 35.5. The van der Waals surface area contributed by atoms with E-state index in [0.29, 0.717) is 10.6 Å². The van der Waals surface area contributed by atoms with Gasteiger partial charge in [0.1, 0.15) is 24.0 Å². The number of halogens is 6. The summed E-state index contributed by atoms with van der Waals surface area (Å²) in [5.41, 5.74) is -0.797. The van der Waals surface area contributed by atoms with Crippen molar-refractivity contribution in [2.75, 3.05) is 13.2 Å². The smallest absolute Gasteiger partial charge is 0.340 e. The number of ether oxygens (including phenoxy) is 2. The Morgan fingerprint density at radius 3 is 2.58 bits per heavy atom. The Bertz CT molecular complexity index is 1270. The number of morpholine rings is 1. The highest BCUT2D eigenvalue weighted by molar-refractivity contribution is 6.35. The largest absolute Gasteiger partial charge is 0.487 e. The van der Waals surface area contributed by atoms with Gasteiger partial charge >= 0.3 is 12.3 Å². The molecular formula is C24H22Cl2F4N4O4. The number of benzene rings is 2. The average Bonchev–Trinajstić information content (AvgIpc) is 3.37. The quantitative estimate of drug-likeness (QED) is 0.393. The second kappa shape index (κ2) is 11.0. The topological polar surface area (TPSA) is 89.7 Å². The van der Waals surface area contributed by atoms with Crippen LogP contribution in [0, 0.1) is 0 Å². The summed E-state index contributed by atoms with van der Waals surface area (Å²) < 4.78 is 63.4. The Morgan fingerprint density at radius 1 is 1.26 bits per heavy atom. The maximum Gasteiger partial charge on any atom is 0.340 e. The number of aliphatic hydroxyl groups is 1. The number of aliphatic hydroxyl groups excluding tert-OH is 1. The van der Waals surface area contributed by atoms with Crippen LogP contribution in [0.15, 0.2) is 55.1 Å². The third kappa shape index (κ3) is 5.73. The SMILES string of the molecule is C[C@H]1N(C(=O)c2ccc(OCC(F)(F)C(F)F)cc2)CC(O)O[C@@]1(Cn1cncn1)c1ccc(Cl)cc1Cl. The molecule has 0 radical (unpaired) electrons. The standard InChI is InChI=1S/C24H22Cl2F4N4O4/c1-14-23(10-33-13-31-12-32-33,18-7-4-16(25)8-19(18)26)38-20(35)9-34(14)21(36)15-2-5-17(6-3-15)37-11-24(29,30)22(27)28/h2-8,12-14,20,22,35H,9-11H2,1H3/t14-,20?,23-/m1/s1. The van der Waals surface area contributed by atoms with Crippen LogP contribution in [0.5, 0.6) is 5.75 Å². The van der Waals surface area contributed by atoms with E-state index in [-0.39, 0.29) is 29.4 Å². The van der Waals surface area contributed by atoms with E-state index >= 15 is 0 Å². The number of β-amino-alcohol motifs (C(OH)–C–C–N with tert-alkyl or cyclic N) is 1. The van der Waals surface area contributed by atoms with Crippen molar-refractivity contribution < 1.29 is 36.9 Å². The maximum absolute atomic E-state index is 13.5. The summed E-state index contributed by atoms with van der Waals surface area (Å²) in [6.07, 6.45) is -2.51. The average molecular weight is 577 g/mol. The van der Waals surface area contributed by atoms with Gasteiger partial charge in [0.05, 0.1) is 19.1 Å². The predicted octanol–water partition coefficient (Wildman–Crippen LogP) is 4.64. The lowest BCUT2D eigenvalue weighted by molar-refractivity contribution is -0.255. The Kier molecular flexibility index (Phi) is 8.17. The van der Waals surface area contributed by atoms with Crippen LogP contribution in [-0.4, -0.2) is 68.5 Å². The summed E-state index contributed by atoms with van der Waals surface area (Å²) >= 11 is 12.6. The van der Waals surface area contributed by atoms with Crippen molar-refractivity contribution in [1.29, 1.82) is 0 Å². The number of carbonyl (C=O) groups excluding carboxylic acids is 1. The molecule has 0 saturated carbocycles. The van der Waals surface area contributed by atoms with Gasteiger partial charge in [-0.05, 0) is 43.3 Å². The molecule has 1 N–H and O–H groups in total. The molecule has 204 valence electrons. The molecule has 1 saturated heterocycles. The number of hydrogen-bond donors (Lipinski definition) is 1. The lowest BCUT2D eigenvalue weighted by Crippen LogP contribution is -2.62. The van der Waals surface area contributed by atoms with Crippen LogP contribution in [0.3, 0.4) is 0 Å². The third-order valence-electron chi connectivity index (χ3n) is 6.20. The fraction of sp³-hybridized carbons (Fsp3) is 0.375. The van der Waals surface area contributed by atoms with Crippen LogP contribution >= 0.6 is 23.2 Å². The summed E-state index contributed by atoms with van der Waals surface area (Å²) in [5.74, 6) is -4.95. The van der Waals surface area contributed by atoms with Crippen molar-refractivity contribution in [3.8, 4) is 5.75 Å². The first-order valence-electron chi connectivity index (χ1n) is 11.3. The number of nitrogens with zero attached hydrogens (tertiary/aromatic N) is 4. The van der Waals surface area contributed by atoms with Crippen molar-refractivity contribution in [1.82, 2.24) is 19.7 Å². The highest BCUT2D eigenvalue weighted by Crippen LogP contribution is 2.43. The normalized spacial score (nSPS) is 22.1. The second-order valence-corrected chi connectivity index (χ2v) is 9.53. The third-order valence-corrected chi connectivity index (χ3v) is 6.75. The minimum absolute atomic E-state index is 0.0293. The molecule has 4 rings (SSSR count). The first kappa shape index (κ1) is 28.1. The molecule has 8 nitrogen and oxygen atoms in total. The van der Waals surface area contributed by atoms with E-state index in [4.69, 9.17) is 32.7 Å². The van der Waals surface area contributed by atoms with Gasteiger partial charge in [0.2, 0.25) is 0 Å². The lowest BCUT2D eigenvalue weighted by Gasteiger charge is -2.50. The van der Waals surface area contributed by atoms with E-state index in [9.17, 15) is 27.5 Å². The van der Waals surface area contributed by atoms with Crippen LogP contribution in [0.25, 0.3) is 0 Å². The van der Waals surface area contributed by atoms with Crippen LogP contribution in [-0.2, 0) is 16.9 Å². The van der Waals surface area contributed by atoms with E-state index in [1.165, 1.54) is 52.6 Å². The Hall–Kier alpha value is -2.93. The van der Waals surface area contributed by atoms with Crippen LogP contribution in [0.4, 0.5) is 17.6 Å². The van der Waals surface area contributed by atoms with E-state index in [1.807, 2.05) is 0 Å². The Labute approximate surface area is 224 Å². The summed E-state index contributed by atoms with van der Waals surface area (Å²) in [6.45, 7) is 0.0392. The number of aromatic nitrogens is 3. The van der Waals surface area contributed by atoms with Gasteiger partial charge in [0.25, 0.3) is 5.91 Å². The molecule has 0 bridgehead atoms. The molecule has 3 aromatic rings. The zero-order valence-electron chi connectivity index (χ0n) is 19.8. The van der Waals surface area contributed by atoms with Crippen LogP contribution in [0.1, 0.15) is 22.8 Å². The second-order valence-electron chi connectivity index (χ2n) is 8.69. The monoisotopic (exact) mass is 576 g/mol. The van der Waals surface area contributed by atoms with Crippen LogP contribution in [0.2, 0.25) is 10.0 Å². The summed E-state index contributed by atoms with van der Waals surface area (Å²) in [5, 5.41) is 15.5. The fourth-order valence-corrected chi connectivity index (χ4v) is 4.82. The van der Waals surface area contributed by atoms with Gasteiger partial charge in [-0.15, -0.1) is 0 Å². The molecule has 3 atom stereocenters. The molecule has 1 amide bonds. The van der Waals surface area contributed by atoms with E-state index in [0.717, 1.165) is 0 Å². The van der Waals surface area contributed by atoms with Gasteiger partial charge in [-0.3, -0.25) is 4.79 Å². The summed E-state index contributed by atoms with van der Waals surface area (Å²) in [6, 6.07) is 9.08. The Morgan fingerprint density at radius 2 is 1.97 bits per heavy atom. The number of amides is 1. The van der Waals surface area contributed by atoms with Gasteiger partial charge in [-0.1, -0.05) is 29.3 Å². The molecule has 0 spiro atoms. The molecule has 1 aliphatic heterocycles. The number of carbonyl (C=O) groups is 1. The van der Waals surface area contributed by atoms with Crippen molar-refractivity contribution in [2.24, 2.45) is 0 Å². The first-order valence-corrected chi connectivity index (χ1v) is 12.0. The number of alkyl halides is 4. The molecule has 38 heavy (non-hydrogen) atoms. The van der Waals surface area contributed by atoms with E-state index < -0.39 is 42.8 Å². The number of rotatable bonds is 8. The maximum atomic E-state index is 13.5. The van der Waals surface area contributed by atoms with Gasteiger partial charge in [0.15, 0.2) is 12.9 Å². The molecule has 1 fully saturated rings. The molecule has 1 aliphatic rings. The molecular weight excluding hydrogens is 555 g/mol. The van der Waals surface area contributed by atoms with E-state index in [2.05, 4.69) is 10.1 Å². The van der Waals surface area contributed by atoms with Gasteiger partial charge in [0, 0.05) is 21.2 Å².